The molecule has 1 rings (SSSR count). The molecule has 0 amide bonds. The minimum absolute atomic E-state index is 0.189. The third-order valence-electron chi connectivity index (χ3n) is 1.11. The van der Waals surface area contributed by atoms with Crippen molar-refractivity contribution in [1.29, 1.82) is 0 Å². The Morgan fingerprint density at radius 2 is 2.75 bits per heavy atom. The highest BCUT2D eigenvalue weighted by Crippen LogP contribution is 2.04. The Morgan fingerprint density at radius 3 is 3.25 bits per heavy atom. The van der Waals surface area contributed by atoms with E-state index in [-0.39, 0.29) is 5.90 Å². The smallest absolute Gasteiger partial charge is 0.226 e. The summed E-state index contributed by atoms with van der Waals surface area (Å²) in [5.41, 5.74) is 0. The highest BCUT2D eigenvalue weighted by Gasteiger charge is 1.93. The van der Waals surface area contributed by atoms with E-state index in [1.165, 1.54) is 7.11 Å². The number of nitrogens with zero attached hydrogens (tertiary/aromatic N) is 2. The zero-order chi connectivity index (χ0) is 8.81. The van der Waals surface area contributed by atoms with E-state index in [2.05, 4.69) is 15.2 Å². The van der Waals surface area contributed by atoms with Crippen LogP contribution in [0.4, 0.5) is 5.82 Å². The van der Waals surface area contributed by atoms with Gasteiger partial charge in [0.05, 0.1) is 19.4 Å². The summed E-state index contributed by atoms with van der Waals surface area (Å²) in [6.07, 6.45) is 2.65. The van der Waals surface area contributed by atoms with Crippen LogP contribution in [0.25, 0.3) is 0 Å². The molecular formula is C7H7N3O2. The maximum atomic E-state index is 9.94. The van der Waals surface area contributed by atoms with Gasteiger partial charge in [0.15, 0.2) is 5.82 Å². The lowest BCUT2D eigenvalue weighted by Crippen LogP contribution is -1.95. The number of ether oxygens (including phenoxy) is 1. The van der Waals surface area contributed by atoms with Gasteiger partial charge < -0.3 is 4.74 Å². The Bertz CT molecular complexity index is 309. The second-order valence-electron chi connectivity index (χ2n) is 1.86. The number of aliphatic imine (C=N–C) groups is 1. The van der Waals surface area contributed by atoms with E-state index in [0.717, 1.165) is 6.08 Å². The maximum Gasteiger partial charge on any atom is 0.226 e. The molecule has 0 aliphatic rings. The molecule has 12 heavy (non-hydrogen) atoms. The second-order valence-corrected chi connectivity index (χ2v) is 1.86. The van der Waals surface area contributed by atoms with E-state index in [1.54, 1.807) is 18.2 Å². The molecule has 5 nitrogen and oxygen atoms in total. The average Bonchev–Trinajstić information content (AvgIpc) is 2.56. The van der Waals surface area contributed by atoms with Crippen molar-refractivity contribution in [2.45, 2.75) is 0 Å². The molecule has 0 atom stereocenters. The first-order valence-electron chi connectivity index (χ1n) is 3.19. The van der Waals surface area contributed by atoms with Gasteiger partial charge in [0.1, 0.15) is 5.94 Å². The SMILES string of the molecule is CO/C(C=C=O)=N/c1ccn[nH]1. The molecule has 0 aliphatic carbocycles. The van der Waals surface area contributed by atoms with Gasteiger partial charge in [-0.1, -0.05) is 0 Å². The van der Waals surface area contributed by atoms with Crippen molar-refractivity contribution < 1.29 is 9.53 Å². The molecule has 1 N–H and O–H groups in total. The van der Waals surface area contributed by atoms with Crippen LogP contribution in [-0.2, 0) is 9.53 Å². The van der Waals surface area contributed by atoms with Gasteiger partial charge in [-0.3, -0.25) is 5.10 Å². The van der Waals surface area contributed by atoms with Crippen LogP contribution >= 0.6 is 0 Å². The third-order valence-corrected chi connectivity index (χ3v) is 1.11. The number of rotatable bonds is 2. The van der Waals surface area contributed by atoms with Gasteiger partial charge in [-0.15, -0.1) is 0 Å². The fourth-order valence-electron chi connectivity index (χ4n) is 0.617. The molecule has 5 heteroatoms. The summed E-state index contributed by atoms with van der Waals surface area (Å²) in [4.78, 5) is 13.8. The molecule has 0 bridgehead atoms. The zero-order valence-electron chi connectivity index (χ0n) is 6.44. The van der Waals surface area contributed by atoms with Crippen molar-refractivity contribution >= 4 is 17.7 Å². The van der Waals surface area contributed by atoms with Gasteiger partial charge in [0, 0.05) is 6.07 Å². The summed E-state index contributed by atoms with van der Waals surface area (Å²) in [5, 5.41) is 6.26. The number of methoxy groups -OCH3 is 1. The summed E-state index contributed by atoms with van der Waals surface area (Å²) < 4.78 is 4.75. The van der Waals surface area contributed by atoms with Crippen molar-refractivity contribution in [1.82, 2.24) is 10.2 Å². The lowest BCUT2D eigenvalue weighted by Gasteiger charge is -1.93. The lowest BCUT2D eigenvalue weighted by atomic mass is 10.6. The standard InChI is InChI=1S/C7H7N3O2/c1-12-7(3-5-11)9-6-2-4-8-10-6/h2-4H,1H3,(H,8,10)/b9-7+. The fraction of sp³-hybridized carbons (Fsp3) is 0.143. The maximum absolute atomic E-state index is 9.94. The summed E-state index contributed by atoms with van der Waals surface area (Å²) in [5.74, 6) is 2.28. The molecule has 1 aromatic heterocycles. The first kappa shape index (κ1) is 8.23. The normalized spacial score (nSPS) is 10.6. The van der Waals surface area contributed by atoms with Gasteiger partial charge >= 0.3 is 0 Å². The Kier molecular flexibility index (Phi) is 2.81. The van der Waals surface area contributed by atoms with E-state index in [4.69, 9.17) is 4.74 Å². The van der Waals surface area contributed by atoms with Crippen LogP contribution in [0.15, 0.2) is 23.3 Å². The Morgan fingerprint density at radius 1 is 1.92 bits per heavy atom. The van der Waals surface area contributed by atoms with E-state index >= 15 is 0 Å². The highest BCUT2D eigenvalue weighted by atomic mass is 16.5. The molecule has 0 saturated carbocycles. The first-order chi connectivity index (χ1) is 5.86. The summed E-state index contributed by atoms with van der Waals surface area (Å²) in [6, 6.07) is 1.65. The van der Waals surface area contributed by atoms with Crippen molar-refractivity contribution in [3.63, 3.8) is 0 Å². The Labute approximate surface area is 68.8 Å². The minimum Gasteiger partial charge on any atom is -0.480 e. The monoisotopic (exact) mass is 165 g/mol. The number of aromatic nitrogens is 2. The minimum atomic E-state index is 0.189. The number of H-pyrrole nitrogens is 1. The molecule has 1 aromatic rings. The van der Waals surface area contributed by atoms with Crippen molar-refractivity contribution in [3.05, 3.63) is 18.3 Å². The lowest BCUT2D eigenvalue weighted by molar-refractivity contribution is 0.407. The molecular weight excluding hydrogens is 158 g/mol. The van der Waals surface area contributed by atoms with Crippen LogP contribution in [0.5, 0.6) is 0 Å². The molecule has 0 aliphatic heterocycles. The predicted octanol–water partition coefficient (Wildman–Crippen LogP) is 0.474. The molecule has 0 fully saturated rings. The van der Waals surface area contributed by atoms with Crippen LogP contribution in [0.2, 0.25) is 0 Å². The Hall–Kier alpha value is -1.87. The molecule has 0 spiro atoms. The molecule has 0 unspecified atom stereocenters. The fourth-order valence-corrected chi connectivity index (χ4v) is 0.617. The molecule has 0 radical (unpaired) electrons. The quantitative estimate of drug-likeness (QED) is 0.393. The predicted molar refractivity (Wildman–Crippen MR) is 43.0 cm³/mol. The number of nitrogens with one attached hydrogen (secondary N) is 1. The van der Waals surface area contributed by atoms with Crippen LogP contribution in [0, 0.1) is 0 Å². The van der Waals surface area contributed by atoms with Gasteiger partial charge in [0.2, 0.25) is 5.90 Å². The largest absolute Gasteiger partial charge is 0.480 e. The Balaban J connectivity index is 2.85. The van der Waals surface area contributed by atoms with E-state index in [1.807, 2.05) is 0 Å². The average molecular weight is 165 g/mol. The molecule has 1 heterocycles. The summed E-state index contributed by atoms with van der Waals surface area (Å²) in [6.45, 7) is 0. The summed E-state index contributed by atoms with van der Waals surface area (Å²) >= 11 is 0. The topological polar surface area (TPSA) is 67.3 Å². The van der Waals surface area contributed by atoms with Crippen LogP contribution in [-0.4, -0.2) is 29.1 Å². The van der Waals surface area contributed by atoms with Gasteiger partial charge in [-0.05, 0) is 0 Å². The second kappa shape index (κ2) is 4.10. The van der Waals surface area contributed by atoms with E-state index in [0.29, 0.717) is 5.82 Å². The number of carbonyl (C=O) groups excluding carboxylic acids is 1. The summed E-state index contributed by atoms with van der Waals surface area (Å²) in [7, 11) is 1.42. The van der Waals surface area contributed by atoms with Crippen molar-refractivity contribution in [2.75, 3.05) is 7.11 Å². The number of aromatic amines is 1. The molecule has 0 saturated heterocycles. The molecule has 62 valence electrons. The van der Waals surface area contributed by atoms with Crippen LogP contribution in [0.1, 0.15) is 0 Å². The van der Waals surface area contributed by atoms with Gasteiger partial charge in [-0.25, -0.2) is 4.79 Å². The van der Waals surface area contributed by atoms with Crippen LogP contribution < -0.4 is 0 Å². The number of hydrogen-bond acceptors (Lipinski definition) is 4. The van der Waals surface area contributed by atoms with Gasteiger partial charge in [0.25, 0.3) is 0 Å². The highest BCUT2D eigenvalue weighted by molar-refractivity contribution is 5.95. The molecule has 0 aromatic carbocycles. The first-order valence-corrected chi connectivity index (χ1v) is 3.19. The third kappa shape index (κ3) is 2.07. The van der Waals surface area contributed by atoms with Crippen molar-refractivity contribution in [3.8, 4) is 0 Å². The van der Waals surface area contributed by atoms with Gasteiger partial charge in [-0.2, -0.15) is 10.1 Å². The van der Waals surface area contributed by atoms with E-state index < -0.39 is 0 Å². The van der Waals surface area contributed by atoms with E-state index in [9.17, 15) is 4.79 Å². The zero-order valence-corrected chi connectivity index (χ0v) is 6.44. The van der Waals surface area contributed by atoms with Crippen molar-refractivity contribution in [2.24, 2.45) is 4.99 Å². The van der Waals surface area contributed by atoms with Crippen LogP contribution in [0.3, 0.4) is 0 Å². The number of hydrogen-bond donors (Lipinski definition) is 1.